The highest BCUT2D eigenvalue weighted by atomic mass is 19.2. The molecule has 0 heterocycles. The van der Waals surface area contributed by atoms with Crippen molar-refractivity contribution in [2.75, 3.05) is 25.0 Å². The SMILES string of the molecule is CCCN(CCO)C(=O)Nc1ccc(F)c(F)c1F. The zero-order valence-corrected chi connectivity index (χ0v) is 10.4. The van der Waals surface area contributed by atoms with Crippen LogP contribution >= 0.6 is 0 Å². The predicted molar refractivity (Wildman–Crippen MR) is 64.3 cm³/mol. The van der Waals surface area contributed by atoms with E-state index in [0.29, 0.717) is 13.0 Å². The zero-order valence-electron chi connectivity index (χ0n) is 10.4. The highest BCUT2D eigenvalue weighted by molar-refractivity contribution is 5.89. The molecule has 1 aromatic carbocycles. The molecule has 0 atom stereocenters. The van der Waals surface area contributed by atoms with Crippen molar-refractivity contribution in [3.05, 3.63) is 29.6 Å². The summed E-state index contributed by atoms with van der Waals surface area (Å²) in [4.78, 5) is 13.0. The van der Waals surface area contributed by atoms with Gasteiger partial charge in [0.15, 0.2) is 17.5 Å². The monoisotopic (exact) mass is 276 g/mol. The maximum atomic E-state index is 13.4. The first-order chi connectivity index (χ1) is 9.01. The van der Waals surface area contributed by atoms with Gasteiger partial charge in [-0.15, -0.1) is 0 Å². The van der Waals surface area contributed by atoms with Crippen LogP contribution in [0.5, 0.6) is 0 Å². The van der Waals surface area contributed by atoms with Crippen LogP contribution in [0.2, 0.25) is 0 Å². The van der Waals surface area contributed by atoms with Crippen LogP contribution in [0.25, 0.3) is 0 Å². The third-order valence-corrected chi connectivity index (χ3v) is 2.43. The Kier molecular flexibility index (Phi) is 5.62. The van der Waals surface area contributed by atoms with Crippen molar-refractivity contribution in [3.8, 4) is 0 Å². The van der Waals surface area contributed by atoms with E-state index in [-0.39, 0.29) is 13.2 Å². The van der Waals surface area contributed by atoms with E-state index in [1.807, 2.05) is 6.92 Å². The molecule has 0 saturated heterocycles. The van der Waals surface area contributed by atoms with E-state index in [0.717, 1.165) is 12.1 Å². The lowest BCUT2D eigenvalue weighted by Crippen LogP contribution is -2.37. The van der Waals surface area contributed by atoms with Crippen LogP contribution in [0.4, 0.5) is 23.7 Å². The molecule has 1 aromatic rings. The maximum absolute atomic E-state index is 13.4. The van der Waals surface area contributed by atoms with E-state index < -0.39 is 29.2 Å². The lowest BCUT2D eigenvalue weighted by molar-refractivity contribution is 0.188. The fourth-order valence-corrected chi connectivity index (χ4v) is 1.52. The van der Waals surface area contributed by atoms with Gasteiger partial charge in [-0.3, -0.25) is 0 Å². The number of nitrogens with one attached hydrogen (secondary N) is 1. The van der Waals surface area contributed by atoms with Crippen molar-refractivity contribution in [1.82, 2.24) is 4.90 Å². The van der Waals surface area contributed by atoms with Gasteiger partial charge in [0.05, 0.1) is 12.3 Å². The molecule has 0 spiro atoms. The second-order valence-electron chi connectivity index (χ2n) is 3.86. The molecule has 19 heavy (non-hydrogen) atoms. The second kappa shape index (κ2) is 6.98. The average Bonchev–Trinajstić information content (AvgIpc) is 2.39. The first-order valence-corrected chi connectivity index (χ1v) is 5.81. The van der Waals surface area contributed by atoms with Gasteiger partial charge in [-0.05, 0) is 18.6 Å². The Hall–Kier alpha value is -1.76. The number of nitrogens with zero attached hydrogens (tertiary/aromatic N) is 1. The van der Waals surface area contributed by atoms with Crippen LogP contribution in [0, 0.1) is 17.5 Å². The van der Waals surface area contributed by atoms with Crippen molar-refractivity contribution in [2.45, 2.75) is 13.3 Å². The van der Waals surface area contributed by atoms with E-state index in [1.165, 1.54) is 4.90 Å². The molecule has 4 nitrogen and oxygen atoms in total. The van der Waals surface area contributed by atoms with Gasteiger partial charge in [0, 0.05) is 13.1 Å². The summed E-state index contributed by atoms with van der Waals surface area (Å²) in [6, 6.07) is 0.986. The summed E-state index contributed by atoms with van der Waals surface area (Å²) in [7, 11) is 0. The molecule has 2 N–H and O–H groups in total. The van der Waals surface area contributed by atoms with Crippen molar-refractivity contribution in [2.24, 2.45) is 0 Å². The van der Waals surface area contributed by atoms with Crippen molar-refractivity contribution >= 4 is 11.7 Å². The van der Waals surface area contributed by atoms with Crippen molar-refractivity contribution < 1.29 is 23.1 Å². The van der Waals surface area contributed by atoms with Crippen LogP contribution in [0.1, 0.15) is 13.3 Å². The van der Waals surface area contributed by atoms with Gasteiger partial charge in [-0.1, -0.05) is 6.92 Å². The number of carbonyl (C=O) groups is 1. The van der Waals surface area contributed by atoms with Gasteiger partial charge in [0.2, 0.25) is 0 Å². The smallest absolute Gasteiger partial charge is 0.322 e. The molecule has 0 aliphatic heterocycles. The van der Waals surface area contributed by atoms with Gasteiger partial charge in [-0.25, -0.2) is 18.0 Å². The van der Waals surface area contributed by atoms with E-state index >= 15 is 0 Å². The Morgan fingerprint density at radius 3 is 2.53 bits per heavy atom. The molecule has 7 heteroatoms. The first kappa shape index (κ1) is 15.3. The van der Waals surface area contributed by atoms with E-state index in [4.69, 9.17) is 5.11 Å². The molecule has 0 bridgehead atoms. The number of urea groups is 1. The molecule has 0 saturated carbocycles. The van der Waals surface area contributed by atoms with Crippen LogP contribution < -0.4 is 5.32 Å². The minimum Gasteiger partial charge on any atom is -0.395 e. The Morgan fingerprint density at radius 1 is 1.26 bits per heavy atom. The van der Waals surface area contributed by atoms with Crippen LogP contribution in [0.15, 0.2) is 12.1 Å². The summed E-state index contributed by atoms with van der Waals surface area (Å²) in [6.07, 6.45) is 0.647. The number of halogens is 3. The molecule has 0 radical (unpaired) electrons. The Labute approximate surface area is 108 Å². The van der Waals surface area contributed by atoms with Crippen LogP contribution in [-0.2, 0) is 0 Å². The largest absolute Gasteiger partial charge is 0.395 e. The van der Waals surface area contributed by atoms with Crippen molar-refractivity contribution in [3.63, 3.8) is 0 Å². The molecule has 1 rings (SSSR count). The lowest BCUT2D eigenvalue weighted by atomic mass is 10.3. The van der Waals surface area contributed by atoms with Gasteiger partial charge in [0.1, 0.15) is 0 Å². The molecule has 106 valence electrons. The summed E-state index contributed by atoms with van der Waals surface area (Å²) < 4.78 is 39.1. The molecule has 0 unspecified atom stereocenters. The fraction of sp³-hybridized carbons (Fsp3) is 0.417. The third kappa shape index (κ3) is 3.85. The number of hydrogen-bond donors (Lipinski definition) is 2. The molecular weight excluding hydrogens is 261 g/mol. The standard InChI is InChI=1S/C12H15F3N2O2/c1-2-5-17(6-7-18)12(19)16-9-4-3-8(13)10(14)11(9)15/h3-4,18H,2,5-7H2,1H3,(H,16,19). The normalized spacial score (nSPS) is 10.4. The molecule has 0 aromatic heterocycles. The molecular formula is C12H15F3N2O2. The number of hydrogen-bond acceptors (Lipinski definition) is 2. The van der Waals surface area contributed by atoms with E-state index in [9.17, 15) is 18.0 Å². The fourth-order valence-electron chi connectivity index (χ4n) is 1.52. The lowest BCUT2D eigenvalue weighted by Gasteiger charge is -2.21. The number of amides is 2. The highest BCUT2D eigenvalue weighted by Gasteiger charge is 2.18. The minimum atomic E-state index is -1.64. The number of carbonyl (C=O) groups excluding carboxylic acids is 1. The van der Waals surface area contributed by atoms with Crippen molar-refractivity contribution in [1.29, 1.82) is 0 Å². The third-order valence-electron chi connectivity index (χ3n) is 2.43. The number of rotatable bonds is 5. The zero-order chi connectivity index (χ0) is 14.4. The number of benzene rings is 1. The Bertz CT molecular complexity index is 449. The molecule has 0 fully saturated rings. The summed E-state index contributed by atoms with van der Waals surface area (Å²) in [5.41, 5.74) is -0.442. The van der Waals surface area contributed by atoms with Gasteiger partial charge in [-0.2, -0.15) is 0 Å². The molecule has 2 amide bonds. The maximum Gasteiger partial charge on any atom is 0.322 e. The number of aliphatic hydroxyl groups excluding tert-OH is 1. The topological polar surface area (TPSA) is 52.6 Å². The summed E-state index contributed by atoms with van der Waals surface area (Å²) >= 11 is 0. The molecule has 0 aliphatic carbocycles. The van der Waals surface area contributed by atoms with Crippen LogP contribution in [-0.4, -0.2) is 35.7 Å². The highest BCUT2D eigenvalue weighted by Crippen LogP contribution is 2.19. The Balaban J connectivity index is 2.83. The molecule has 0 aliphatic rings. The van der Waals surface area contributed by atoms with Crippen LogP contribution in [0.3, 0.4) is 0 Å². The first-order valence-electron chi connectivity index (χ1n) is 5.81. The van der Waals surface area contributed by atoms with Gasteiger partial charge < -0.3 is 15.3 Å². The van der Waals surface area contributed by atoms with Gasteiger partial charge >= 0.3 is 6.03 Å². The average molecular weight is 276 g/mol. The summed E-state index contributed by atoms with van der Waals surface area (Å²) in [6.45, 7) is 2.02. The second-order valence-corrected chi connectivity index (χ2v) is 3.86. The van der Waals surface area contributed by atoms with E-state index in [2.05, 4.69) is 5.32 Å². The summed E-state index contributed by atoms with van der Waals surface area (Å²) in [5.74, 6) is -4.41. The quantitative estimate of drug-likeness (QED) is 0.811. The minimum absolute atomic E-state index is 0.0744. The number of anilines is 1. The summed E-state index contributed by atoms with van der Waals surface area (Å²) in [5, 5.41) is 11.0. The number of aliphatic hydroxyl groups is 1. The van der Waals surface area contributed by atoms with Gasteiger partial charge in [0.25, 0.3) is 0 Å². The Morgan fingerprint density at radius 2 is 1.95 bits per heavy atom. The predicted octanol–water partition coefficient (Wildman–Crippen LogP) is 2.34. The van der Waals surface area contributed by atoms with E-state index in [1.54, 1.807) is 0 Å².